The predicted octanol–water partition coefficient (Wildman–Crippen LogP) is 3.67. The van der Waals surface area contributed by atoms with Gasteiger partial charge in [0.2, 0.25) is 0 Å². The van der Waals surface area contributed by atoms with Crippen LogP contribution in [0.3, 0.4) is 0 Å². The first-order valence-corrected chi connectivity index (χ1v) is 8.04. The topological polar surface area (TPSA) is 65.4 Å². The Hall–Kier alpha value is -3.35. The number of nitrogens with one attached hydrogen (secondary N) is 1. The minimum atomic E-state index is -0.410. The summed E-state index contributed by atoms with van der Waals surface area (Å²) in [6.07, 6.45) is 1.57. The summed E-state index contributed by atoms with van der Waals surface area (Å²) in [6.45, 7) is 2.48. The van der Waals surface area contributed by atoms with Crippen molar-refractivity contribution >= 4 is 11.6 Å². The van der Waals surface area contributed by atoms with Gasteiger partial charge in [0, 0.05) is 5.69 Å². The molecule has 134 valence electrons. The molecule has 0 radical (unpaired) electrons. The standard InChI is InChI=1S/C19H18FN3O3/c1-3-26-16-10-6-14(7-11-16)21-19(24)18-17(25-2)12-23(22-18)15-8-4-13(20)5-9-15/h4-12H,3H2,1-2H3,(H,21,24). The maximum absolute atomic E-state index is 13.1. The van der Waals surface area contributed by atoms with Crippen molar-refractivity contribution in [3.8, 4) is 17.2 Å². The number of nitrogens with zero attached hydrogens (tertiary/aromatic N) is 2. The van der Waals surface area contributed by atoms with Gasteiger partial charge < -0.3 is 14.8 Å². The predicted molar refractivity (Wildman–Crippen MR) is 95.6 cm³/mol. The normalized spacial score (nSPS) is 10.4. The van der Waals surface area contributed by atoms with Gasteiger partial charge >= 0.3 is 0 Å². The molecule has 0 saturated carbocycles. The molecule has 0 atom stereocenters. The lowest BCUT2D eigenvalue weighted by Crippen LogP contribution is -2.14. The van der Waals surface area contributed by atoms with E-state index in [2.05, 4.69) is 10.4 Å². The Kier molecular flexibility index (Phi) is 5.17. The Labute approximate surface area is 150 Å². The van der Waals surface area contributed by atoms with Crippen LogP contribution in [0.25, 0.3) is 5.69 Å². The van der Waals surface area contributed by atoms with Crippen molar-refractivity contribution in [2.75, 3.05) is 19.0 Å². The maximum atomic E-state index is 13.1. The first kappa shape index (κ1) is 17.5. The zero-order valence-corrected chi connectivity index (χ0v) is 14.4. The third-order valence-electron chi connectivity index (χ3n) is 3.63. The highest BCUT2D eigenvalue weighted by Crippen LogP contribution is 2.22. The van der Waals surface area contributed by atoms with E-state index in [4.69, 9.17) is 9.47 Å². The maximum Gasteiger partial charge on any atom is 0.280 e. The van der Waals surface area contributed by atoms with E-state index in [-0.39, 0.29) is 11.5 Å². The van der Waals surface area contributed by atoms with Gasteiger partial charge in [0.05, 0.1) is 25.6 Å². The Bertz CT molecular complexity index is 889. The van der Waals surface area contributed by atoms with Crippen molar-refractivity contribution < 1.29 is 18.7 Å². The average molecular weight is 355 g/mol. The lowest BCUT2D eigenvalue weighted by Gasteiger charge is -2.06. The van der Waals surface area contributed by atoms with Crippen LogP contribution < -0.4 is 14.8 Å². The van der Waals surface area contributed by atoms with Crippen molar-refractivity contribution in [3.05, 3.63) is 66.2 Å². The second kappa shape index (κ2) is 7.69. The second-order valence-corrected chi connectivity index (χ2v) is 5.38. The molecule has 3 aromatic rings. The molecule has 0 aliphatic rings. The number of halogens is 1. The summed E-state index contributed by atoms with van der Waals surface area (Å²) in [5, 5.41) is 7.02. The number of rotatable bonds is 6. The molecule has 0 bridgehead atoms. The highest BCUT2D eigenvalue weighted by Gasteiger charge is 2.18. The number of carbonyl (C=O) groups is 1. The van der Waals surface area contributed by atoms with Crippen molar-refractivity contribution in [1.29, 1.82) is 0 Å². The molecular weight excluding hydrogens is 337 g/mol. The van der Waals surface area contributed by atoms with Crippen LogP contribution in [0.5, 0.6) is 11.5 Å². The second-order valence-electron chi connectivity index (χ2n) is 5.38. The molecule has 7 heteroatoms. The van der Waals surface area contributed by atoms with Crippen molar-refractivity contribution in [3.63, 3.8) is 0 Å². The fraction of sp³-hybridized carbons (Fsp3) is 0.158. The van der Waals surface area contributed by atoms with Gasteiger partial charge in [-0.3, -0.25) is 4.79 Å². The van der Waals surface area contributed by atoms with Crippen LogP contribution in [0.15, 0.2) is 54.7 Å². The van der Waals surface area contributed by atoms with Gasteiger partial charge in [-0.25, -0.2) is 9.07 Å². The van der Waals surface area contributed by atoms with Crippen LogP contribution in [0.1, 0.15) is 17.4 Å². The molecular formula is C19H18FN3O3. The summed E-state index contributed by atoms with van der Waals surface area (Å²) in [5.74, 6) is 0.287. The van der Waals surface area contributed by atoms with E-state index in [1.807, 2.05) is 6.92 Å². The molecule has 0 spiro atoms. The summed E-state index contributed by atoms with van der Waals surface area (Å²) >= 11 is 0. The van der Waals surface area contributed by atoms with Gasteiger partial charge in [-0.05, 0) is 55.5 Å². The molecule has 0 aliphatic heterocycles. The van der Waals surface area contributed by atoms with Crippen LogP contribution in [-0.4, -0.2) is 29.4 Å². The molecule has 0 saturated heterocycles. The number of anilines is 1. The molecule has 2 aromatic carbocycles. The molecule has 0 fully saturated rings. The van der Waals surface area contributed by atoms with E-state index in [1.165, 1.54) is 23.9 Å². The van der Waals surface area contributed by atoms with Gasteiger partial charge in [-0.1, -0.05) is 0 Å². The molecule has 0 aliphatic carbocycles. The Morgan fingerprint density at radius 2 is 1.85 bits per heavy atom. The molecule has 1 heterocycles. The largest absolute Gasteiger partial charge is 0.494 e. The summed E-state index contributed by atoms with van der Waals surface area (Å²) in [6, 6.07) is 12.8. The van der Waals surface area contributed by atoms with Crippen LogP contribution in [0.2, 0.25) is 0 Å². The minimum absolute atomic E-state index is 0.130. The number of hydrogen-bond acceptors (Lipinski definition) is 4. The highest BCUT2D eigenvalue weighted by molar-refractivity contribution is 6.04. The highest BCUT2D eigenvalue weighted by atomic mass is 19.1. The van der Waals surface area contributed by atoms with Gasteiger partial charge in [0.25, 0.3) is 5.91 Å². The van der Waals surface area contributed by atoms with E-state index in [0.29, 0.717) is 23.7 Å². The van der Waals surface area contributed by atoms with E-state index < -0.39 is 5.91 Å². The zero-order valence-electron chi connectivity index (χ0n) is 14.4. The van der Waals surface area contributed by atoms with Gasteiger partial charge in [-0.2, -0.15) is 5.10 Å². The SMILES string of the molecule is CCOc1ccc(NC(=O)c2nn(-c3ccc(F)cc3)cc2OC)cc1. The number of hydrogen-bond donors (Lipinski definition) is 1. The van der Waals surface area contributed by atoms with Crippen LogP contribution in [0.4, 0.5) is 10.1 Å². The fourth-order valence-electron chi connectivity index (χ4n) is 2.38. The lowest BCUT2D eigenvalue weighted by molar-refractivity contribution is 0.101. The van der Waals surface area contributed by atoms with Gasteiger partial charge in [0.1, 0.15) is 11.6 Å². The zero-order chi connectivity index (χ0) is 18.5. The number of methoxy groups -OCH3 is 1. The van der Waals surface area contributed by atoms with Crippen molar-refractivity contribution in [2.24, 2.45) is 0 Å². The number of amides is 1. The van der Waals surface area contributed by atoms with E-state index in [0.717, 1.165) is 5.75 Å². The van der Waals surface area contributed by atoms with Crippen LogP contribution in [-0.2, 0) is 0 Å². The third kappa shape index (κ3) is 3.83. The summed E-state index contributed by atoms with van der Waals surface area (Å²) < 4.78 is 25.2. The molecule has 1 aromatic heterocycles. The Morgan fingerprint density at radius 1 is 1.15 bits per heavy atom. The van der Waals surface area contributed by atoms with Crippen LogP contribution >= 0.6 is 0 Å². The van der Waals surface area contributed by atoms with Crippen LogP contribution in [0, 0.1) is 5.82 Å². The average Bonchev–Trinajstić information content (AvgIpc) is 3.09. The van der Waals surface area contributed by atoms with Gasteiger partial charge in [0.15, 0.2) is 11.4 Å². The van der Waals surface area contributed by atoms with E-state index in [1.54, 1.807) is 42.6 Å². The molecule has 26 heavy (non-hydrogen) atoms. The first-order valence-electron chi connectivity index (χ1n) is 8.04. The lowest BCUT2D eigenvalue weighted by atomic mass is 10.3. The number of carbonyl (C=O) groups excluding carboxylic acids is 1. The molecule has 1 N–H and O–H groups in total. The van der Waals surface area contributed by atoms with E-state index in [9.17, 15) is 9.18 Å². The van der Waals surface area contributed by atoms with Gasteiger partial charge in [-0.15, -0.1) is 0 Å². The summed E-state index contributed by atoms with van der Waals surface area (Å²) in [4.78, 5) is 12.5. The number of aromatic nitrogens is 2. The third-order valence-corrected chi connectivity index (χ3v) is 3.63. The summed E-state index contributed by atoms with van der Waals surface area (Å²) in [7, 11) is 1.46. The Balaban J connectivity index is 1.81. The molecule has 3 rings (SSSR count). The number of ether oxygens (including phenoxy) is 2. The monoisotopic (exact) mass is 355 g/mol. The smallest absolute Gasteiger partial charge is 0.280 e. The Morgan fingerprint density at radius 3 is 2.46 bits per heavy atom. The first-order chi connectivity index (χ1) is 12.6. The quantitative estimate of drug-likeness (QED) is 0.733. The summed E-state index contributed by atoms with van der Waals surface area (Å²) in [5.41, 5.74) is 1.35. The fourth-order valence-corrected chi connectivity index (χ4v) is 2.38. The van der Waals surface area contributed by atoms with E-state index >= 15 is 0 Å². The molecule has 6 nitrogen and oxygen atoms in total. The minimum Gasteiger partial charge on any atom is -0.494 e. The van der Waals surface area contributed by atoms with Crippen molar-refractivity contribution in [2.45, 2.75) is 6.92 Å². The van der Waals surface area contributed by atoms with Crippen molar-refractivity contribution in [1.82, 2.24) is 9.78 Å². The molecule has 0 unspecified atom stereocenters. The number of benzene rings is 2. The molecule has 1 amide bonds.